The van der Waals surface area contributed by atoms with Crippen molar-refractivity contribution in [3.63, 3.8) is 0 Å². The number of nitrogen functional groups attached to an aromatic ring is 1. The Hall–Kier alpha value is -4.22. The van der Waals surface area contributed by atoms with E-state index in [0.29, 0.717) is 29.7 Å². The summed E-state index contributed by atoms with van der Waals surface area (Å²) in [6.07, 6.45) is -0.910. The van der Waals surface area contributed by atoms with Crippen LogP contribution >= 0.6 is 0 Å². The average molecular weight is 481 g/mol. The van der Waals surface area contributed by atoms with Gasteiger partial charge in [-0.15, -0.1) is 5.10 Å². The van der Waals surface area contributed by atoms with Gasteiger partial charge in [-0.3, -0.25) is 0 Å². The summed E-state index contributed by atoms with van der Waals surface area (Å²) in [6, 6.07) is 12.9. The molecular weight excluding hydrogens is 459 g/mol. The van der Waals surface area contributed by atoms with E-state index in [-0.39, 0.29) is 18.9 Å². The first-order chi connectivity index (χ1) is 16.8. The van der Waals surface area contributed by atoms with Gasteiger partial charge >= 0.3 is 6.18 Å². The molecule has 9 nitrogen and oxygen atoms in total. The molecule has 1 aliphatic rings. The molecule has 1 unspecified atom stereocenters. The Morgan fingerprint density at radius 2 is 1.77 bits per heavy atom. The van der Waals surface area contributed by atoms with Crippen LogP contribution in [0.15, 0.2) is 54.9 Å². The molecule has 1 aliphatic heterocycles. The Balaban J connectivity index is 1.27. The molecule has 5 rings (SSSR count). The average Bonchev–Trinajstić information content (AvgIpc) is 3.47. The number of aryl methyl sites for hydroxylation is 1. The van der Waals surface area contributed by atoms with Crippen molar-refractivity contribution in [2.75, 3.05) is 29.0 Å². The molecule has 0 radical (unpaired) electrons. The molecule has 1 saturated heterocycles. The summed E-state index contributed by atoms with van der Waals surface area (Å²) in [5.74, 6) is 0.390. The number of pyridine rings is 1. The van der Waals surface area contributed by atoms with Crippen LogP contribution < -0.4 is 16.0 Å². The highest BCUT2D eigenvalue weighted by molar-refractivity contribution is 5.66. The molecule has 0 amide bonds. The van der Waals surface area contributed by atoms with Crippen molar-refractivity contribution < 1.29 is 13.2 Å². The highest BCUT2D eigenvalue weighted by atomic mass is 19.4. The molecule has 12 heteroatoms. The zero-order valence-corrected chi connectivity index (χ0v) is 18.7. The largest absolute Gasteiger partial charge is 0.393 e. The lowest BCUT2D eigenvalue weighted by atomic mass is 10.1. The Bertz CT molecular complexity index is 1320. The van der Waals surface area contributed by atoms with Crippen LogP contribution in [0.2, 0.25) is 0 Å². The van der Waals surface area contributed by atoms with Gasteiger partial charge in [-0.05, 0) is 36.8 Å². The van der Waals surface area contributed by atoms with Crippen LogP contribution in [0.5, 0.6) is 0 Å². The molecule has 0 bridgehead atoms. The molecule has 180 valence electrons. The highest BCUT2D eigenvalue weighted by Crippen LogP contribution is 2.35. The summed E-state index contributed by atoms with van der Waals surface area (Å²) in [6.45, 7) is 0.255. The Morgan fingerprint density at radius 3 is 2.43 bits per heavy atom. The molecule has 35 heavy (non-hydrogen) atoms. The normalized spacial score (nSPS) is 16.0. The van der Waals surface area contributed by atoms with Crippen molar-refractivity contribution in [3.05, 3.63) is 54.9 Å². The first-order valence-corrected chi connectivity index (χ1v) is 10.9. The van der Waals surface area contributed by atoms with Gasteiger partial charge in [0.15, 0.2) is 5.82 Å². The van der Waals surface area contributed by atoms with Crippen molar-refractivity contribution in [2.45, 2.75) is 12.6 Å². The minimum atomic E-state index is -4.18. The smallest absolute Gasteiger partial charge is 0.368 e. The lowest BCUT2D eigenvalue weighted by molar-refractivity contribution is -0.168. The molecule has 0 saturated carbocycles. The number of nitrogens with two attached hydrogens (primary N) is 1. The predicted molar refractivity (Wildman–Crippen MR) is 126 cm³/mol. The zero-order valence-electron chi connectivity index (χ0n) is 18.7. The number of nitrogens with zero attached hydrogens (tertiary/aromatic N) is 7. The number of aromatic nitrogens is 6. The fourth-order valence-electron chi connectivity index (χ4n) is 3.94. The third-order valence-electron chi connectivity index (χ3n) is 5.86. The maximum atomic E-state index is 13.0. The number of rotatable bonds is 5. The molecule has 1 aromatic carbocycles. The van der Waals surface area contributed by atoms with E-state index in [2.05, 4.69) is 30.4 Å². The zero-order chi connectivity index (χ0) is 24.6. The third-order valence-corrected chi connectivity index (χ3v) is 5.86. The van der Waals surface area contributed by atoms with E-state index < -0.39 is 12.1 Å². The molecular formula is C23H22F3N9. The second-order valence-corrected chi connectivity index (χ2v) is 8.26. The van der Waals surface area contributed by atoms with Gasteiger partial charge in [-0.25, -0.2) is 19.6 Å². The number of hydrogen-bond acceptors (Lipinski definition) is 8. The fraction of sp³-hybridized carbons (Fsp3) is 0.261. The van der Waals surface area contributed by atoms with Gasteiger partial charge in [0.2, 0.25) is 11.9 Å². The SMILES string of the molecule is Cn1nc(-c2ccc(N3CCC(C(F)(F)F)C3)nc2)nc1Nc1ccc(-c2ccnc(N)n2)cc1. The van der Waals surface area contributed by atoms with Crippen LogP contribution in [0, 0.1) is 5.92 Å². The Morgan fingerprint density at radius 1 is 1.00 bits per heavy atom. The van der Waals surface area contributed by atoms with Gasteiger partial charge in [0.05, 0.1) is 11.6 Å². The van der Waals surface area contributed by atoms with E-state index in [9.17, 15) is 13.2 Å². The van der Waals surface area contributed by atoms with Crippen LogP contribution in [-0.2, 0) is 7.05 Å². The summed E-state index contributed by atoms with van der Waals surface area (Å²) in [5.41, 5.74) is 8.75. The van der Waals surface area contributed by atoms with Crippen LogP contribution in [0.25, 0.3) is 22.6 Å². The van der Waals surface area contributed by atoms with E-state index in [4.69, 9.17) is 5.73 Å². The quantitative estimate of drug-likeness (QED) is 0.439. The van der Waals surface area contributed by atoms with Crippen LogP contribution in [-0.4, -0.2) is 49.0 Å². The second kappa shape index (κ2) is 8.85. The van der Waals surface area contributed by atoms with Gasteiger partial charge in [0.25, 0.3) is 0 Å². The maximum Gasteiger partial charge on any atom is 0.393 e. The molecule has 0 spiro atoms. The topological polar surface area (TPSA) is 111 Å². The Labute approximate surface area is 198 Å². The summed E-state index contributed by atoms with van der Waals surface area (Å²) in [7, 11) is 1.76. The Kier molecular flexibility index (Phi) is 5.71. The number of halogens is 3. The van der Waals surface area contributed by atoms with E-state index in [1.54, 1.807) is 47.2 Å². The van der Waals surface area contributed by atoms with Crippen molar-refractivity contribution in [1.82, 2.24) is 29.7 Å². The van der Waals surface area contributed by atoms with Gasteiger partial charge in [-0.2, -0.15) is 18.2 Å². The summed E-state index contributed by atoms with van der Waals surface area (Å²) >= 11 is 0. The lowest BCUT2D eigenvalue weighted by Gasteiger charge is -2.18. The van der Waals surface area contributed by atoms with Crippen molar-refractivity contribution in [2.24, 2.45) is 13.0 Å². The second-order valence-electron chi connectivity index (χ2n) is 8.26. The summed E-state index contributed by atoms with van der Waals surface area (Å²) in [4.78, 5) is 18.7. The van der Waals surface area contributed by atoms with E-state index >= 15 is 0 Å². The monoisotopic (exact) mass is 481 g/mol. The molecule has 0 aliphatic carbocycles. The van der Waals surface area contributed by atoms with E-state index in [0.717, 1.165) is 16.9 Å². The number of alkyl halides is 3. The number of hydrogen-bond donors (Lipinski definition) is 2. The number of benzene rings is 1. The third kappa shape index (κ3) is 4.86. The fourth-order valence-corrected chi connectivity index (χ4v) is 3.94. The molecule has 4 heterocycles. The minimum absolute atomic E-state index is 0.0743. The summed E-state index contributed by atoms with van der Waals surface area (Å²) in [5, 5.41) is 7.66. The number of anilines is 4. The first kappa shape index (κ1) is 22.6. The predicted octanol–water partition coefficient (Wildman–Crippen LogP) is 4.05. The molecule has 3 aromatic heterocycles. The van der Waals surface area contributed by atoms with Gasteiger partial charge in [0.1, 0.15) is 5.82 Å². The van der Waals surface area contributed by atoms with Crippen LogP contribution in [0.4, 0.5) is 36.6 Å². The number of nitrogens with one attached hydrogen (secondary N) is 1. The maximum absolute atomic E-state index is 13.0. The molecule has 1 atom stereocenters. The van der Waals surface area contributed by atoms with Gasteiger partial charge < -0.3 is 16.0 Å². The van der Waals surface area contributed by atoms with Crippen molar-refractivity contribution in [3.8, 4) is 22.6 Å². The van der Waals surface area contributed by atoms with Gasteiger partial charge in [-0.1, -0.05) is 12.1 Å². The first-order valence-electron chi connectivity index (χ1n) is 10.9. The summed E-state index contributed by atoms with van der Waals surface area (Å²) < 4.78 is 40.5. The minimum Gasteiger partial charge on any atom is -0.368 e. The van der Waals surface area contributed by atoms with Crippen LogP contribution in [0.1, 0.15) is 6.42 Å². The molecule has 4 aromatic rings. The molecule has 3 N–H and O–H groups in total. The van der Waals surface area contributed by atoms with Crippen molar-refractivity contribution in [1.29, 1.82) is 0 Å². The van der Waals surface area contributed by atoms with E-state index in [1.807, 2.05) is 24.3 Å². The lowest BCUT2D eigenvalue weighted by Crippen LogP contribution is -2.27. The standard InChI is InChI=1S/C23H22F3N9/c1-34-22(30-17-5-2-14(3-6-17)18-8-10-28-21(27)31-18)32-20(33-34)15-4-7-19(29-12-15)35-11-9-16(13-35)23(24,25)26/h2-8,10,12,16H,9,11,13H2,1H3,(H2,27,28,31)(H,30,32,33). The molecule has 1 fully saturated rings. The highest BCUT2D eigenvalue weighted by Gasteiger charge is 2.43. The van der Waals surface area contributed by atoms with Crippen LogP contribution in [0.3, 0.4) is 0 Å². The van der Waals surface area contributed by atoms with E-state index in [1.165, 1.54) is 0 Å². The van der Waals surface area contributed by atoms with Gasteiger partial charge in [0, 0.05) is 49.3 Å². The van der Waals surface area contributed by atoms with Crippen molar-refractivity contribution >= 4 is 23.4 Å².